The Labute approximate surface area is 122 Å². The average Bonchev–Trinajstić information content (AvgIpc) is 2.35. The van der Waals surface area contributed by atoms with E-state index in [1.807, 2.05) is 0 Å². The molecule has 0 radical (unpaired) electrons. The summed E-state index contributed by atoms with van der Waals surface area (Å²) in [6.07, 6.45) is 3.85. The lowest BCUT2D eigenvalue weighted by atomic mass is 9.99. The first-order valence-electron chi connectivity index (χ1n) is 8.40. The van der Waals surface area contributed by atoms with Gasteiger partial charge >= 0.3 is 0 Å². The second-order valence-electron chi connectivity index (χ2n) is 6.71. The number of hydrogen-bond acceptors (Lipinski definition) is 2. The van der Waals surface area contributed by atoms with Crippen molar-refractivity contribution >= 4 is 0 Å². The maximum Gasteiger partial charge on any atom is 0.0246 e. The van der Waals surface area contributed by atoms with Crippen LogP contribution in [0.2, 0.25) is 0 Å². The molecular formula is C17H38N2. The summed E-state index contributed by atoms with van der Waals surface area (Å²) in [6.45, 7) is 19.8. The Morgan fingerprint density at radius 1 is 0.947 bits per heavy atom. The van der Waals surface area contributed by atoms with Crippen LogP contribution < -0.4 is 5.32 Å². The highest BCUT2D eigenvalue weighted by molar-refractivity contribution is 4.81. The van der Waals surface area contributed by atoms with Gasteiger partial charge in [0.25, 0.3) is 0 Å². The zero-order chi connectivity index (χ0) is 14.8. The standard InChI is InChI=1S/C17H38N2/c1-8-10-11-19(16(7)9-2)17(15(5)6)13-18-12-14(3)4/h14-18H,8-13H2,1-7H3. The Morgan fingerprint density at radius 2 is 1.58 bits per heavy atom. The van der Waals surface area contributed by atoms with Gasteiger partial charge in [0.2, 0.25) is 0 Å². The molecule has 0 spiro atoms. The lowest BCUT2D eigenvalue weighted by Gasteiger charge is -2.39. The number of nitrogens with zero attached hydrogens (tertiary/aromatic N) is 1. The van der Waals surface area contributed by atoms with Gasteiger partial charge in [-0.2, -0.15) is 0 Å². The second-order valence-corrected chi connectivity index (χ2v) is 6.71. The summed E-state index contributed by atoms with van der Waals surface area (Å²) in [5, 5.41) is 3.66. The van der Waals surface area contributed by atoms with E-state index in [0.717, 1.165) is 19.0 Å². The molecule has 19 heavy (non-hydrogen) atoms. The first-order chi connectivity index (χ1) is 8.93. The fourth-order valence-corrected chi connectivity index (χ4v) is 2.54. The molecule has 1 N–H and O–H groups in total. The van der Waals surface area contributed by atoms with E-state index in [1.54, 1.807) is 0 Å². The van der Waals surface area contributed by atoms with Crippen LogP contribution in [0.3, 0.4) is 0 Å². The zero-order valence-corrected chi connectivity index (χ0v) is 14.5. The van der Waals surface area contributed by atoms with Gasteiger partial charge in [0.15, 0.2) is 0 Å². The van der Waals surface area contributed by atoms with Gasteiger partial charge in [0.1, 0.15) is 0 Å². The van der Waals surface area contributed by atoms with Gasteiger partial charge in [-0.15, -0.1) is 0 Å². The zero-order valence-electron chi connectivity index (χ0n) is 14.5. The van der Waals surface area contributed by atoms with E-state index in [2.05, 4.69) is 58.7 Å². The van der Waals surface area contributed by atoms with Crippen molar-refractivity contribution in [1.29, 1.82) is 0 Å². The number of hydrogen-bond donors (Lipinski definition) is 1. The summed E-state index contributed by atoms with van der Waals surface area (Å²) < 4.78 is 0. The summed E-state index contributed by atoms with van der Waals surface area (Å²) in [6, 6.07) is 1.36. The Bertz CT molecular complexity index is 201. The third-order valence-corrected chi connectivity index (χ3v) is 4.03. The molecule has 0 saturated heterocycles. The average molecular weight is 271 g/mol. The van der Waals surface area contributed by atoms with E-state index in [9.17, 15) is 0 Å². The van der Waals surface area contributed by atoms with Crippen molar-refractivity contribution in [1.82, 2.24) is 10.2 Å². The van der Waals surface area contributed by atoms with Crippen LogP contribution in [0.15, 0.2) is 0 Å². The molecule has 0 aliphatic heterocycles. The van der Waals surface area contributed by atoms with E-state index < -0.39 is 0 Å². The molecule has 0 bridgehead atoms. The minimum Gasteiger partial charge on any atom is -0.315 e. The monoisotopic (exact) mass is 270 g/mol. The predicted octanol–water partition coefficient (Wildman–Crippen LogP) is 4.16. The summed E-state index contributed by atoms with van der Waals surface area (Å²) >= 11 is 0. The Kier molecular flexibility index (Phi) is 10.6. The number of unbranched alkanes of at least 4 members (excludes halogenated alkanes) is 1. The van der Waals surface area contributed by atoms with Crippen LogP contribution in [0.1, 0.15) is 67.7 Å². The van der Waals surface area contributed by atoms with Crippen LogP contribution in [0.4, 0.5) is 0 Å². The third-order valence-electron chi connectivity index (χ3n) is 4.03. The van der Waals surface area contributed by atoms with Gasteiger partial charge in [-0.05, 0) is 44.7 Å². The Balaban J connectivity index is 4.55. The van der Waals surface area contributed by atoms with Crippen molar-refractivity contribution in [2.24, 2.45) is 11.8 Å². The maximum atomic E-state index is 3.66. The Hall–Kier alpha value is -0.0800. The van der Waals surface area contributed by atoms with Crippen LogP contribution >= 0.6 is 0 Å². The third kappa shape index (κ3) is 7.94. The molecule has 0 aromatic carbocycles. The number of rotatable bonds is 11. The van der Waals surface area contributed by atoms with Crippen molar-refractivity contribution in [2.45, 2.75) is 79.8 Å². The van der Waals surface area contributed by atoms with Crippen LogP contribution in [0, 0.1) is 11.8 Å². The molecule has 0 aliphatic carbocycles. The van der Waals surface area contributed by atoms with Crippen LogP contribution in [0.5, 0.6) is 0 Å². The van der Waals surface area contributed by atoms with Gasteiger partial charge in [-0.3, -0.25) is 4.90 Å². The van der Waals surface area contributed by atoms with Crippen molar-refractivity contribution in [3.05, 3.63) is 0 Å². The van der Waals surface area contributed by atoms with Gasteiger partial charge < -0.3 is 5.32 Å². The largest absolute Gasteiger partial charge is 0.315 e. The molecule has 0 aliphatic rings. The maximum absolute atomic E-state index is 3.66. The van der Waals surface area contributed by atoms with E-state index in [-0.39, 0.29) is 0 Å². The fraction of sp³-hybridized carbons (Fsp3) is 1.00. The summed E-state index contributed by atoms with van der Waals surface area (Å²) in [7, 11) is 0. The molecule has 2 nitrogen and oxygen atoms in total. The fourth-order valence-electron chi connectivity index (χ4n) is 2.54. The molecule has 0 rings (SSSR count). The van der Waals surface area contributed by atoms with E-state index in [0.29, 0.717) is 18.0 Å². The van der Waals surface area contributed by atoms with Crippen molar-refractivity contribution in [3.63, 3.8) is 0 Å². The van der Waals surface area contributed by atoms with Crippen LogP contribution in [-0.2, 0) is 0 Å². The quantitative estimate of drug-likeness (QED) is 0.606. The SMILES string of the molecule is CCCCN(C(C)CC)C(CNCC(C)C)C(C)C. The Morgan fingerprint density at radius 3 is 2.00 bits per heavy atom. The highest BCUT2D eigenvalue weighted by atomic mass is 15.2. The van der Waals surface area contributed by atoms with Crippen molar-refractivity contribution < 1.29 is 0 Å². The van der Waals surface area contributed by atoms with Gasteiger partial charge in [-0.25, -0.2) is 0 Å². The van der Waals surface area contributed by atoms with E-state index >= 15 is 0 Å². The lowest BCUT2D eigenvalue weighted by molar-refractivity contribution is 0.103. The molecule has 116 valence electrons. The minimum absolute atomic E-state index is 0.667. The predicted molar refractivity (Wildman–Crippen MR) is 87.7 cm³/mol. The molecule has 2 unspecified atom stereocenters. The van der Waals surface area contributed by atoms with E-state index in [4.69, 9.17) is 0 Å². The molecule has 0 aromatic heterocycles. The van der Waals surface area contributed by atoms with Crippen molar-refractivity contribution in [2.75, 3.05) is 19.6 Å². The summed E-state index contributed by atoms with van der Waals surface area (Å²) in [4.78, 5) is 2.74. The highest BCUT2D eigenvalue weighted by Crippen LogP contribution is 2.17. The van der Waals surface area contributed by atoms with E-state index in [1.165, 1.54) is 25.8 Å². The lowest BCUT2D eigenvalue weighted by Crippen LogP contribution is -2.50. The molecule has 0 fully saturated rings. The molecule has 0 heterocycles. The molecule has 0 amide bonds. The number of nitrogens with one attached hydrogen (secondary N) is 1. The van der Waals surface area contributed by atoms with Gasteiger partial charge in [0.05, 0.1) is 0 Å². The van der Waals surface area contributed by atoms with Crippen LogP contribution in [-0.4, -0.2) is 36.6 Å². The molecule has 2 heteroatoms. The molecule has 2 atom stereocenters. The highest BCUT2D eigenvalue weighted by Gasteiger charge is 2.24. The summed E-state index contributed by atoms with van der Waals surface area (Å²) in [5.74, 6) is 1.45. The second kappa shape index (κ2) is 10.7. The summed E-state index contributed by atoms with van der Waals surface area (Å²) in [5.41, 5.74) is 0. The van der Waals surface area contributed by atoms with Crippen LogP contribution in [0.25, 0.3) is 0 Å². The molecule has 0 saturated carbocycles. The topological polar surface area (TPSA) is 15.3 Å². The first kappa shape index (κ1) is 18.9. The normalized spacial score (nSPS) is 15.5. The minimum atomic E-state index is 0.667. The van der Waals surface area contributed by atoms with Crippen molar-refractivity contribution in [3.8, 4) is 0 Å². The van der Waals surface area contributed by atoms with Gasteiger partial charge in [0, 0.05) is 18.6 Å². The van der Waals surface area contributed by atoms with Gasteiger partial charge in [-0.1, -0.05) is 48.0 Å². The molecular weight excluding hydrogens is 232 g/mol. The first-order valence-corrected chi connectivity index (χ1v) is 8.40. The molecule has 0 aromatic rings. The smallest absolute Gasteiger partial charge is 0.0246 e.